The number of nitrogens with one attached hydrogen (secondary N) is 1. The van der Waals surface area contributed by atoms with Gasteiger partial charge in [-0.25, -0.2) is 8.42 Å². The van der Waals surface area contributed by atoms with Gasteiger partial charge >= 0.3 is 0 Å². The third kappa shape index (κ3) is 6.29. The molecule has 3 rings (SSSR count). The highest BCUT2D eigenvalue weighted by Crippen LogP contribution is 2.25. The van der Waals surface area contributed by atoms with Crippen molar-refractivity contribution >= 4 is 21.6 Å². The Morgan fingerprint density at radius 3 is 1.91 bits per heavy atom. The summed E-state index contributed by atoms with van der Waals surface area (Å²) in [5, 5.41) is 2.89. The minimum Gasteiger partial charge on any atom is -0.494 e. The SMILES string of the molecule is CCOc1ccc([C@H](C)NC(=O)CN(c2ccccc2)S(=O)(=O)c2ccc(OCC)cc2)cc1. The third-order valence-electron chi connectivity index (χ3n) is 5.12. The lowest BCUT2D eigenvalue weighted by Gasteiger charge is -2.25. The van der Waals surface area contributed by atoms with Gasteiger partial charge in [-0.05, 0) is 74.9 Å². The Morgan fingerprint density at radius 1 is 0.853 bits per heavy atom. The highest BCUT2D eigenvalue weighted by atomic mass is 32.2. The molecule has 8 heteroatoms. The molecule has 0 bridgehead atoms. The highest BCUT2D eigenvalue weighted by Gasteiger charge is 2.27. The Bertz CT molecular complexity index is 1160. The molecule has 1 N–H and O–H groups in total. The number of nitrogens with zero attached hydrogens (tertiary/aromatic N) is 1. The van der Waals surface area contributed by atoms with Crippen LogP contribution in [0, 0.1) is 0 Å². The molecule has 3 aromatic rings. The monoisotopic (exact) mass is 482 g/mol. The van der Waals surface area contributed by atoms with E-state index in [0.717, 1.165) is 15.6 Å². The number of sulfonamides is 1. The second-order valence-corrected chi connectivity index (χ2v) is 9.41. The maximum Gasteiger partial charge on any atom is 0.264 e. The highest BCUT2D eigenvalue weighted by molar-refractivity contribution is 7.92. The van der Waals surface area contributed by atoms with Crippen LogP contribution >= 0.6 is 0 Å². The van der Waals surface area contributed by atoms with E-state index in [-0.39, 0.29) is 17.5 Å². The summed E-state index contributed by atoms with van der Waals surface area (Å²) < 4.78 is 38.9. The van der Waals surface area contributed by atoms with Gasteiger partial charge in [-0.2, -0.15) is 0 Å². The van der Waals surface area contributed by atoms with Crippen LogP contribution in [0.3, 0.4) is 0 Å². The number of rotatable bonds is 11. The first kappa shape index (κ1) is 25.1. The lowest BCUT2D eigenvalue weighted by molar-refractivity contribution is -0.120. The second-order valence-electron chi connectivity index (χ2n) is 7.54. The first-order valence-corrected chi connectivity index (χ1v) is 12.6. The number of carbonyl (C=O) groups is 1. The summed E-state index contributed by atoms with van der Waals surface area (Å²) >= 11 is 0. The fourth-order valence-electron chi connectivity index (χ4n) is 3.43. The van der Waals surface area contributed by atoms with Crippen LogP contribution in [-0.4, -0.2) is 34.1 Å². The van der Waals surface area contributed by atoms with Gasteiger partial charge in [-0.15, -0.1) is 0 Å². The molecule has 0 fully saturated rings. The van der Waals surface area contributed by atoms with Crippen LogP contribution in [0.5, 0.6) is 11.5 Å². The van der Waals surface area contributed by atoms with E-state index in [4.69, 9.17) is 9.47 Å². The summed E-state index contributed by atoms with van der Waals surface area (Å²) in [6, 6.07) is 21.9. The van der Waals surface area contributed by atoms with E-state index >= 15 is 0 Å². The number of hydrogen-bond donors (Lipinski definition) is 1. The van der Waals surface area contributed by atoms with E-state index in [0.29, 0.717) is 24.7 Å². The average Bonchev–Trinajstić information content (AvgIpc) is 2.84. The summed E-state index contributed by atoms with van der Waals surface area (Å²) in [5.74, 6) is 0.913. The predicted octanol–water partition coefficient (Wildman–Crippen LogP) is 4.56. The molecule has 0 spiro atoms. The minimum absolute atomic E-state index is 0.0761. The number of benzene rings is 3. The van der Waals surface area contributed by atoms with Gasteiger partial charge in [-0.3, -0.25) is 9.10 Å². The van der Waals surface area contributed by atoms with Crippen LogP contribution < -0.4 is 19.1 Å². The van der Waals surface area contributed by atoms with Gasteiger partial charge in [0.05, 0.1) is 29.8 Å². The fraction of sp³-hybridized carbons (Fsp3) is 0.269. The van der Waals surface area contributed by atoms with Crippen molar-refractivity contribution in [2.45, 2.75) is 31.7 Å². The largest absolute Gasteiger partial charge is 0.494 e. The van der Waals surface area contributed by atoms with Gasteiger partial charge in [0.1, 0.15) is 18.0 Å². The molecule has 180 valence electrons. The van der Waals surface area contributed by atoms with Crippen LogP contribution in [0.1, 0.15) is 32.4 Å². The smallest absolute Gasteiger partial charge is 0.264 e. The van der Waals surface area contributed by atoms with E-state index in [9.17, 15) is 13.2 Å². The van der Waals surface area contributed by atoms with E-state index in [1.54, 1.807) is 42.5 Å². The molecule has 1 amide bonds. The third-order valence-corrected chi connectivity index (χ3v) is 6.91. The second kappa shape index (κ2) is 11.6. The zero-order chi connectivity index (χ0) is 24.6. The fourth-order valence-corrected chi connectivity index (χ4v) is 4.85. The summed E-state index contributed by atoms with van der Waals surface area (Å²) in [4.78, 5) is 13.0. The zero-order valence-electron chi connectivity index (χ0n) is 19.6. The van der Waals surface area contributed by atoms with Crippen LogP contribution in [0.4, 0.5) is 5.69 Å². The van der Waals surface area contributed by atoms with E-state index in [2.05, 4.69) is 5.32 Å². The molecule has 1 atom stereocenters. The lowest BCUT2D eigenvalue weighted by atomic mass is 10.1. The van der Waals surface area contributed by atoms with Gasteiger partial charge in [0.2, 0.25) is 5.91 Å². The number of anilines is 1. The molecule has 0 aliphatic heterocycles. The molecule has 3 aromatic carbocycles. The quantitative estimate of drug-likeness (QED) is 0.433. The van der Waals surface area contributed by atoms with Crippen molar-refractivity contribution in [2.24, 2.45) is 0 Å². The Labute approximate surface area is 201 Å². The average molecular weight is 483 g/mol. The molecular formula is C26H30N2O5S. The zero-order valence-corrected chi connectivity index (χ0v) is 20.4. The number of amides is 1. The van der Waals surface area contributed by atoms with Crippen molar-refractivity contribution in [2.75, 3.05) is 24.1 Å². The maximum absolute atomic E-state index is 13.5. The minimum atomic E-state index is -3.99. The molecular weight excluding hydrogens is 452 g/mol. The Balaban J connectivity index is 1.80. The predicted molar refractivity (Wildman–Crippen MR) is 133 cm³/mol. The molecule has 34 heavy (non-hydrogen) atoms. The Morgan fingerprint density at radius 2 is 1.38 bits per heavy atom. The van der Waals surface area contributed by atoms with E-state index < -0.39 is 15.9 Å². The number of carbonyl (C=O) groups excluding carboxylic acids is 1. The van der Waals surface area contributed by atoms with Crippen molar-refractivity contribution in [1.82, 2.24) is 5.32 Å². The first-order chi connectivity index (χ1) is 16.3. The number of para-hydroxylation sites is 1. The number of hydrogen-bond acceptors (Lipinski definition) is 5. The first-order valence-electron chi connectivity index (χ1n) is 11.2. The van der Waals surface area contributed by atoms with E-state index in [1.807, 2.05) is 45.0 Å². The summed E-state index contributed by atoms with van der Waals surface area (Å²) in [6.07, 6.45) is 0. The molecule has 0 radical (unpaired) electrons. The standard InChI is InChI=1S/C26H30N2O5S/c1-4-32-23-13-11-21(12-14-23)20(3)27-26(29)19-28(22-9-7-6-8-10-22)34(30,31)25-17-15-24(16-18-25)33-5-2/h6-18,20H,4-5,19H2,1-3H3,(H,27,29)/t20-/m0/s1. The van der Waals surface area contributed by atoms with Crippen molar-refractivity contribution in [3.8, 4) is 11.5 Å². The normalized spacial score (nSPS) is 12.0. The Kier molecular flexibility index (Phi) is 8.54. The number of ether oxygens (including phenoxy) is 2. The Hall–Kier alpha value is -3.52. The van der Waals surface area contributed by atoms with Gasteiger partial charge in [0.25, 0.3) is 10.0 Å². The molecule has 0 aliphatic rings. The molecule has 0 aliphatic carbocycles. The summed E-state index contributed by atoms with van der Waals surface area (Å²) in [6.45, 7) is 6.31. The maximum atomic E-state index is 13.5. The van der Waals surface area contributed by atoms with Crippen LogP contribution in [0.25, 0.3) is 0 Å². The summed E-state index contributed by atoms with van der Waals surface area (Å²) in [5.41, 5.74) is 1.29. The molecule has 0 heterocycles. The van der Waals surface area contributed by atoms with Crippen LogP contribution in [0.2, 0.25) is 0 Å². The molecule has 0 aromatic heterocycles. The van der Waals surface area contributed by atoms with Gasteiger partial charge < -0.3 is 14.8 Å². The van der Waals surface area contributed by atoms with Crippen molar-refractivity contribution in [3.63, 3.8) is 0 Å². The topological polar surface area (TPSA) is 84.9 Å². The van der Waals surface area contributed by atoms with Crippen molar-refractivity contribution in [1.29, 1.82) is 0 Å². The molecule has 0 saturated heterocycles. The van der Waals surface area contributed by atoms with Gasteiger partial charge in [-0.1, -0.05) is 30.3 Å². The van der Waals surface area contributed by atoms with E-state index in [1.165, 1.54) is 12.1 Å². The summed E-state index contributed by atoms with van der Waals surface area (Å²) in [7, 11) is -3.99. The van der Waals surface area contributed by atoms with Crippen molar-refractivity contribution in [3.05, 3.63) is 84.4 Å². The van der Waals surface area contributed by atoms with Crippen LogP contribution in [0.15, 0.2) is 83.8 Å². The molecule has 0 saturated carbocycles. The van der Waals surface area contributed by atoms with Crippen LogP contribution in [-0.2, 0) is 14.8 Å². The van der Waals surface area contributed by atoms with Gasteiger partial charge in [0.15, 0.2) is 0 Å². The lowest BCUT2D eigenvalue weighted by Crippen LogP contribution is -2.41. The van der Waals surface area contributed by atoms with Crippen molar-refractivity contribution < 1.29 is 22.7 Å². The molecule has 7 nitrogen and oxygen atoms in total. The molecule has 0 unspecified atom stereocenters. The van der Waals surface area contributed by atoms with Gasteiger partial charge in [0, 0.05) is 0 Å².